The first-order chi connectivity index (χ1) is 15.2. The topological polar surface area (TPSA) is 48.1 Å². The Labute approximate surface area is 185 Å². The zero-order valence-electron chi connectivity index (χ0n) is 18.7. The average Bonchev–Trinajstić information content (AvgIpc) is 2.84. The van der Waals surface area contributed by atoms with Crippen LogP contribution in [0.15, 0.2) is 48.5 Å². The number of nitrogens with zero attached hydrogens (tertiary/aromatic N) is 3. The lowest BCUT2D eigenvalue weighted by Crippen LogP contribution is -2.52. The number of anilines is 3. The van der Waals surface area contributed by atoms with Gasteiger partial charge in [-0.1, -0.05) is 12.1 Å². The molecule has 1 amide bonds. The van der Waals surface area contributed by atoms with E-state index in [2.05, 4.69) is 38.2 Å². The molecule has 2 aliphatic heterocycles. The Kier molecular flexibility index (Phi) is 6.97. The highest BCUT2D eigenvalue weighted by atomic mass is 16.5. The van der Waals surface area contributed by atoms with Crippen molar-refractivity contribution in [1.82, 2.24) is 4.90 Å². The van der Waals surface area contributed by atoms with E-state index in [4.69, 9.17) is 4.74 Å². The molecule has 0 saturated carbocycles. The van der Waals surface area contributed by atoms with Crippen LogP contribution in [0.1, 0.15) is 26.2 Å². The Morgan fingerprint density at radius 3 is 2.23 bits per heavy atom. The highest BCUT2D eigenvalue weighted by molar-refractivity contribution is 5.94. The van der Waals surface area contributed by atoms with Gasteiger partial charge in [0.05, 0.1) is 18.8 Å². The van der Waals surface area contributed by atoms with Gasteiger partial charge in [0, 0.05) is 50.6 Å². The lowest BCUT2D eigenvalue weighted by molar-refractivity contribution is -0.120. The zero-order valence-corrected chi connectivity index (χ0v) is 18.7. The smallest absolute Gasteiger partial charge is 0.241 e. The minimum Gasteiger partial charge on any atom is -0.495 e. The molecule has 2 aromatic rings. The van der Waals surface area contributed by atoms with Crippen LogP contribution < -0.4 is 19.9 Å². The molecule has 0 aliphatic carbocycles. The molecule has 2 heterocycles. The van der Waals surface area contributed by atoms with Gasteiger partial charge in [-0.05, 0) is 62.6 Å². The van der Waals surface area contributed by atoms with E-state index in [1.165, 1.54) is 24.9 Å². The lowest BCUT2D eigenvalue weighted by Gasteiger charge is -2.38. The van der Waals surface area contributed by atoms with Gasteiger partial charge >= 0.3 is 0 Å². The number of piperazine rings is 1. The van der Waals surface area contributed by atoms with Gasteiger partial charge < -0.3 is 19.9 Å². The third kappa shape index (κ3) is 5.13. The van der Waals surface area contributed by atoms with Crippen molar-refractivity contribution < 1.29 is 9.53 Å². The average molecular weight is 423 g/mol. The van der Waals surface area contributed by atoms with E-state index in [-0.39, 0.29) is 11.9 Å². The van der Waals surface area contributed by atoms with E-state index in [0.29, 0.717) is 0 Å². The maximum absolute atomic E-state index is 12.9. The Morgan fingerprint density at radius 1 is 0.871 bits per heavy atom. The monoisotopic (exact) mass is 422 g/mol. The Bertz CT molecular complexity index is 856. The van der Waals surface area contributed by atoms with E-state index >= 15 is 0 Å². The summed E-state index contributed by atoms with van der Waals surface area (Å²) in [5, 5.41) is 3.10. The van der Waals surface area contributed by atoms with E-state index in [1.807, 2.05) is 37.3 Å². The van der Waals surface area contributed by atoms with Crippen LogP contribution in [-0.2, 0) is 4.79 Å². The van der Waals surface area contributed by atoms with Crippen LogP contribution >= 0.6 is 0 Å². The zero-order chi connectivity index (χ0) is 21.6. The third-order valence-electron chi connectivity index (χ3n) is 6.52. The third-order valence-corrected chi connectivity index (χ3v) is 6.52. The molecule has 2 fully saturated rings. The first kappa shape index (κ1) is 21.5. The number of benzene rings is 2. The molecule has 4 rings (SSSR count). The summed E-state index contributed by atoms with van der Waals surface area (Å²) in [4.78, 5) is 19.9. The van der Waals surface area contributed by atoms with Crippen molar-refractivity contribution >= 4 is 23.0 Å². The molecule has 1 N–H and O–H groups in total. The molecule has 2 aromatic carbocycles. The summed E-state index contributed by atoms with van der Waals surface area (Å²) < 4.78 is 5.50. The van der Waals surface area contributed by atoms with Gasteiger partial charge in [-0.3, -0.25) is 9.69 Å². The number of hydrogen-bond donors (Lipinski definition) is 1. The van der Waals surface area contributed by atoms with Crippen molar-refractivity contribution in [1.29, 1.82) is 0 Å². The molecule has 0 spiro atoms. The maximum Gasteiger partial charge on any atom is 0.241 e. The van der Waals surface area contributed by atoms with Crippen LogP contribution in [0.4, 0.5) is 17.1 Å². The highest BCUT2D eigenvalue weighted by Gasteiger charge is 2.26. The number of rotatable bonds is 6. The summed E-state index contributed by atoms with van der Waals surface area (Å²) in [5.74, 6) is 0.950. The molecule has 0 bridgehead atoms. The predicted octanol–water partition coefficient (Wildman–Crippen LogP) is 3.83. The molecule has 1 atom stereocenters. The summed E-state index contributed by atoms with van der Waals surface area (Å²) in [6.07, 6.45) is 3.86. The molecule has 1 unspecified atom stereocenters. The van der Waals surface area contributed by atoms with Crippen molar-refractivity contribution in [3.8, 4) is 5.75 Å². The number of nitrogens with one attached hydrogen (secondary N) is 1. The molecule has 0 aromatic heterocycles. The number of ether oxygens (including phenoxy) is 1. The van der Waals surface area contributed by atoms with Crippen molar-refractivity contribution in [3.05, 3.63) is 48.5 Å². The summed E-state index contributed by atoms with van der Waals surface area (Å²) >= 11 is 0. The molecule has 166 valence electrons. The van der Waals surface area contributed by atoms with Crippen LogP contribution in [0, 0.1) is 0 Å². The molecular formula is C25H34N4O2. The number of amides is 1. The molecule has 31 heavy (non-hydrogen) atoms. The SMILES string of the molecule is COc1ccccc1N1CCN(C(C)C(=O)Nc2ccc(N3CCCCC3)cc2)CC1. The van der Waals surface area contributed by atoms with E-state index in [0.717, 1.165) is 56.4 Å². The fourth-order valence-electron chi connectivity index (χ4n) is 4.56. The standard InChI is InChI=1S/C25H34N4O2/c1-20(27-16-18-29(19-17-27)23-8-4-5-9-24(23)31-2)25(30)26-21-10-12-22(13-11-21)28-14-6-3-7-15-28/h4-5,8-13,20H,3,6-7,14-19H2,1-2H3,(H,26,30). The van der Waals surface area contributed by atoms with Crippen molar-refractivity contribution in [3.63, 3.8) is 0 Å². The predicted molar refractivity (Wildman–Crippen MR) is 127 cm³/mol. The summed E-state index contributed by atoms with van der Waals surface area (Å²) in [7, 11) is 1.71. The second-order valence-corrected chi connectivity index (χ2v) is 8.45. The summed E-state index contributed by atoms with van der Waals surface area (Å²) in [5.41, 5.74) is 3.24. The van der Waals surface area contributed by atoms with Gasteiger partial charge in [-0.25, -0.2) is 0 Å². The van der Waals surface area contributed by atoms with Crippen LogP contribution in [-0.4, -0.2) is 63.2 Å². The van der Waals surface area contributed by atoms with Gasteiger partial charge in [-0.2, -0.15) is 0 Å². The number of para-hydroxylation sites is 2. The summed E-state index contributed by atoms with van der Waals surface area (Å²) in [6, 6.07) is 16.2. The second-order valence-electron chi connectivity index (χ2n) is 8.45. The largest absolute Gasteiger partial charge is 0.495 e. The maximum atomic E-state index is 12.9. The van der Waals surface area contributed by atoms with Crippen LogP contribution in [0.25, 0.3) is 0 Å². The van der Waals surface area contributed by atoms with E-state index in [9.17, 15) is 4.79 Å². The number of hydrogen-bond acceptors (Lipinski definition) is 5. The fourth-order valence-corrected chi connectivity index (χ4v) is 4.56. The first-order valence-electron chi connectivity index (χ1n) is 11.4. The van der Waals surface area contributed by atoms with Crippen molar-refractivity contribution in [2.24, 2.45) is 0 Å². The van der Waals surface area contributed by atoms with Crippen LogP contribution in [0.3, 0.4) is 0 Å². The number of carbonyl (C=O) groups excluding carboxylic acids is 1. The number of carbonyl (C=O) groups is 1. The quantitative estimate of drug-likeness (QED) is 0.767. The molecule has 6 heteroatoms. The Morgan fingerprint density at radius 2 is 1.55 bits per heavy atom. The van der Waals surface area contributed by atoms with Gasteiger partial charge in [0.2, 0.25) is 5.91 Å². The minimum atomic E-state index is -0.165. The van der Waals surface area contributed by atoms with Gasteiger partial charge in [0.1, 0.15) is 5.75 Å². The number of methoxy groups -OCH3 is 1. The van der Waals surface area contributed by atoms with Gasteiger partial charge in [0.15, 0.2) is 0 Å². The van der Waals surface area contributed by atoms with Gasteiger partial charge in [0.25, 0.3) is 0 Å². The Hall–Kier alpha value is -2.73. The molecule has 6 nitrogen and oxygen atoms in total. The minimum absolute atomic E-state index is 0.0523. The molecule has 2 aliphatic rings. The molecule has 2 saturated heterocycles. The van der Waals surface area contributed by atoms with Gasteiger partial charge in [-0.15, -0.1) is 0 Å². The number of piperidine rings is 1. The van der Waals surface area contributed by atoms with Crippen LogP contribution in [0.5, 0.6) is 5.75 Å². The summed E-state index contributed by atoms with van der Waals surface area (Å²) in [6.45, 7) is 7.70. The second kappa shape index (κ2) is 10.1. The molecule has 0 radical (unpaired) electrons. The fraction of sp³-hybridized carbons (Fsp3) is 0.480. The van der Waals surface area contributed by atoms with E-state index < -0.39 is 0 Å². The van der Waals surface area contributed by atoms with Crippen molar-refractivity contribution in [2.75, 3.05) is 61.5 Å². The Balaban J connectivity index is 1.29. The van der Waals surface area contributed by atoms with Crippen molar-refractivity contribution in [2.45, 2.75) is 32.2 Å². The van der Waals surface area contributed by atoms with E-state index in [1.54, 1.807) is 7.11 Å². The normalized spacial score (nSPS) is 18.5. The lowest BCUT2D eigenvalue weighted by atomic mass is 10.1. The van der Waals surface area contributed by atoms with Crippen LogP contribution in [0.2, 0.25) is 0 Å². The molecular weight excluding hydrogens is 388 g/mol. The highest BCUT2D eigenvalue weighted by Crippen LogP contribution is 2.28. The first-order valence-corrected chi connectivity index (χ1v) is 11.4.